The molecule has 0 aliphatic rings. The molecule has 0 amide bonds. The number of benzene rings is 2. The van der Waals surface area contributed by atoms with Crippen LogP contribution in [0.25, 0.3) is 0 Å². The van der Waals surface area contributed by atoms with Crippen LogP contribution in [0.1, 0.15) is 11.1 Å². The van der Waals surface area contributed by atoms with Gasteiger partial charge in [-0.15, -0.1) is 0 Å². The van der Waals surface area contributed by atoms with Crippen molar-refractivity contribution < 1.29 is 29.0 Å². The lowest BCUT2D eigenvalue weighted by Gasteiger charge is -1.94. The number of nitro groups is 2. The van der Waals surface area contributed by atoms with Crippen molar-refractivity contribution in [1.82, 2.24) is 0 Å². The second-order valence-corrected chi connectivity index (χ2v) is 5.42. The Hall–Kier alpha value is -3.52. The van der Waals surface area contributed by atoms with E-state index in [1.807, 2.05) is 26.0 Å². The van der Waals surface area contributed by atoms with Crippen LogP contribution in [-0.4, -0.2) is 22.1 Å². The third-order valence-electron chi connectivity index (χ3n) is 2.45. The molecule has 0 saturated carbocycles. The van der Waals surface area contributed by atoms with Gasteiger partial charge >= 0.3 is 12.3 Å². The molecular weight excluding hydrogens is 428 g/mol. The highest BCUT2D eigenvalue weighted by Gasteiger charge is 2.05. The fourth-order valence-electron chi connectivity index (χ4n) is 1.56. The Morgan fingerprint density at radius 3 is 1.56 bits per heavy atom. The Labute approximate surface area is 161 Å². The van der Waals surface area contributed by atoms with Crippen LogP contribution >= 0.6 is 15.9 Å². The van der Waals surface area contributed by atoms with Gasteiger partial charge in [0.15, 0.2) is 0 Å². The molecule has 2 aromatic carbocycles. The molecule has 0 bridgehead atoms. The highest BCUT2D eigenvalue weighted by Crippen LogP contribution is 2.20. The molecule has 2 aromatic rings. The number of hydrogen-bond acceptors (Lipinski definition) is 8. The Bertz CT molecular complexity index is 810. The Kier molecular flexibility index (Phi) is 14.1. The average Bonchev–Trinajstić information content (AvgIpc) is 2.56. The van der Waals surface area contributed by atoms with Gasteiger partial charge in [-0.05, 0) is 31.0 Å². The van der Waals surface area contributed by atoms with Gasteiger partial charge in [0.05, 0.1) is 9.85 Å². The number of nitro benzene ring substituents is 2. The SMILES string of the molecule is Cc1cc(Br)cc([N+](=O)[O-])c1.Cc1cccc([N+](=O)[O-])c1.O=C=O.O=C=O. The van der Waals surface area contributed by atoms with Gasteiger partial charge in [0.25, 0.3) is 11.4 Å². The predicted molar refractivity (Wildman–Crippen MR) is 93.4 cm³/mol. The first-order valence-corrected chi connectivity index (χ1v) is 7.53. The van der Waals surface area contributed by atoms with E-state index in [1.54, 1.807) is 12.1 Å². The number of aryl methyl sites for hydroxylation is 2. The van der Waals surface area contributed by atoms with Crippen LogP contribution in [-0.2, 0) is 19.2 Å². The third-order valence-corrected chi connectivity index (χ3v) is 2.91. The molecule has 0 spiro atoms. The molecule has 0 aliphatic carbocycles. The smallest absolute Gasteiger partial charge is 0.258 e. The number of carbonyl (C=O) groups excluding carboxylic acids is 4. The van der Waals surface area contributed by atoms with E-state index in [9.17, 15) is 20.2 Å². The molecule has 0 aliphatic heterocycles. The van der Waals surface area contributed by atoms with E-state index in [-0.39, 0.29) is 23.7 Å². The van der Waals surface area contributed by atoms with E-state index in [0.717, 1.165) is 15.6 Å². The summed E-state index contributed by atoms with van der Waals surface area (Å²) in [4.78, 5) is 52.1. The minimum atomic E-state index is -0.405. The summed E-state index contributed by atoms with van der Waals surface area (Å²) in [6.45, 7) is 3.64. The number of non-ortho nitro benzene ring substituents is 2. The van der Waals surface area contributed by atoms with Gasteiger partial charge < -0.3 is 0 Å². The van der Waals surface area contributed by atoms with Crippen molar-refractivity contribution in [1.29, 1.82) is 0 Å². The van der Waals surface area contributed by atoms with Gasteiger partial charge in [-0.25, -0.2) is 0 Å². The van der Waals surface area contributed by atoms with Gasteiger partial charge in [0.1, 0.15) is 0 Å². The summed E-state index contributed by atoms with van der Waals surface area (Å²) in [6, 6.07) is 11.4. The van der Waals surface area contributed by atoms with Crippen LogP contribution in [0.3, 0.4) is 0 Å². The third kappa shape index (κ3) is 13.4. The summed E-state index contributed by atoms with van der Waals surface area (Å²) in [6.07, 6.45) is 0.500. The van der Waals surface area contributed by atoms with Gasteiger partial charge in [-0.2, -0.15) is 19.2 Å². The Morgan fingerprint density at radius 2 is 1.22 bits per heavy atom. The lowest BCUT2D eigenvalue weighted by molar-refractivity contribution is -0.385. The first-order chi connectivity index (χ1) is 12.6. The predicted octanol–water partition coefficient (Wildman–Crippen LogP) is 3.40. The van der Waals surface area contributed by atoms with E-state index < -0.39 is 9.85 Å². The normalized spacial score (nSPS) is 7.96. The molecule has 0 radical (unpaired) electrons. The molecule has 0 unspecified atom stereocenters. The Balaban J connectivity index is 0. The topological polar surface area (TPSA) is 155 Å². The minimum absolute atomic E-state index is 0.122. The van der Waals surface area contributed by atoms with Crippen LogP contribution in [0.2, 0.25) is 0 Å². The highest BCUT2D eigenvalue weighted by molar-refractivity contribution is 9.10. The van der Waals surface area contributed by atoms with Crippen molar-refractivity contribution in [3.63, 3.8) is 0 Å². The fraction of sp³-hybridized carbons (Fsp3) is 0.125. The molecule has 0 saturated heterocycles. The fourth-order valence-corrected chi connectivity index (χ4v) is 2.16. The van der Waals surface area contributed by atoms with Crippen molar-refractivity contribution >= 4 is 39.6 Å². The number of nitrogens with zero attached hydrogens (tertiary/aromatic N) is 2. The molecule has 0 heterocycles. The van der Waals surface area contributed by atoms with E-state index in [1.165, 1.54) is 18.2 Å². The van der Waals surface area contributed by atoms with E-state index in [2.05, 4.69) is 15.9 Å². The molecule has 10 nitrogen and oxygen atoms in total. The molecule has 0 N–H and O–H groups in total. The van der Waals surface area contributed by atoms with E-state index in [4.69, 9.17) is 19.2 Å². The van der Waals surface area contributed by atoms with Crippen molar-refractivity contribution in [3.8, 4) is 0 Å². The molecule has 0 fully saturated rings. The largest absolute Gasteiger partial charge is 0.373 e. The van der Waals surface area contributed by atoms with Crippen molar-refractivity contribution in [3.05, 3.63) is 78.3 Å². The second kappa shape index (κ2) is 14.8. The maximum absolute atomic E-state index is 10.3. The monoisotopic (exact) mass is 440 g/mol. The van der Waals surface area contributed by atoms with Gasteiger partial charge in [-0.1, -0.05) is 28.1 Å². The molecule has 2 rings (SSSR count). The van der Waals surface area contributed by atoms with E-state index >= 15 is 0 Å². The second-order valence-electron chi connectivity index (χ2n) is 4.51. The van der Waals surface area contributed by atoms with Gasteiger partial charge in [-0.3, -0.25) is 20.2 Å². The summed E-state index contributed by atoms with van der Waals surface area (Å²) in [5, 5.41) is 20.4. The summed E-state index contributed by atoms with van der Waals surface area (Å²) in [5.41, 5.74) is 2.07. The molecule has 142 valence electrons. The summed E-state index contributed by atoms with van der Waals surface area (Å²) in [5.74, 6) is 0. The quantitative estimate of drug-likeness (QED) is 0.507. The maximum atomic E-state index is 10.3. The van der Waals surface area contributed by atoms with Crippen molar-refractivity contribution in [2.24, 2.45) is 0 Å². The number of hydrogen-bond donors (Lipinski definition) is 0. The standard InChI is InChI=1S/C7H6BrNO2.C7H7NO2.2CO2/c1-5-2-6(8)4-7(3-5)9(10)11;1-6-3-2-4-7(5-6)8(9)10;2*2-1-3/h2-4H,1H3;2-5H,1H3;;. The van der Waals surface area contributed by atoms with Crippen LogP contribution in [0.4, 0.5) is 11.4 Å². The van der Waals surface area contributed by atoms with Crippen molar-refractivity contribution in [2.45, 2.75) is 13.8 Å². The summed E-state index contributed by atoms with van der Waals surface area (Å²) in [7, 11) is 0. The molecular formula is C16H13BrN2O8. The molecule has 27 heavy (non-hydrogen) atoms. The first-order valence-electron chi connectivity index (χ1n) is 6.74. The molecule has 0 aromatic heterocycles. The van der Waals surface area contributed by atoms with Gasteiger partial charge in [0.2, 0.25) is 0 Å². The maximum Gasteiger partial charge on any atom is 0.373 e. The lowest BCUT2D eigenvalue weighted by atomic mass is 10.2. The zero-order valence-corrected chi connectivity index (χ0v) is 15.7. The highest BCUT2D eigenvalue weighted by atomic mass is 79.9. The van der Waals surface area contributed by atoms with Crippen LogP contribution < -0.4 is 0 Å². The number of rotatable bonds is 2. The van der Waals surface area contributed by atoms with E-state index in [0.29, 0.717) is 0 Å². The van der Waals surface area contributed by atoms with Crippen LogP contribution in [0.15, 0.2) is 46.9 Å². The minimum Gasteiger partial charge on any atom is -0.258 e. The zero-order chi connectivity index (χ0) is 21.4. The number of halogens is 1. The average molecular weight is 441 g/mol. The first kappa shape index (κ1) is 25.7. The Morgan fingerprint density at radius 1 is 0.778 bits per heavy atom. The van der Waals surface area contributed by atoms with Crippen LogP contribution in [0, 0.1) is 34.1 Å². The molecule has 0 atom stereocenters. The van der Waals surface area contributed by atoms with Crippen LogP contribution in [0.5, 0.6) is 0 Å². The van der Waals surface area contributed by atoms with Crippen molar-refractivity contribution in [2.75, 3.05) is 0 Å². The summed E-state index contributed by atoms with van der Waals surface area (Å²) >= 11 is 3.18. The summed E-state index contributed by atoms with van der Waals surface area (Å²) < 4.78 is 0.740. The zero-order valence-electron chi connectivity index (χ0n) is 14.1. The lowest BCUT2D eigenvalue weighted by Crippen LogP contribution is -1.87. The molecule has 11 heteroatoms. The van der Waals surface area contributed by atoms with Gasteiger partial charge in [0, 0.05) is 28.7 Å².